The van der Waals surface area contributed by atoms with Gasteiger partial charge in [-0.2, -0.15) is 0 Å². The quantitative estimate of drug-likeness (QED) is 0.867. The summed E-state index contributed by atoms with van der Waals surface area (Å²) < 4.78 is 5.28. The summed E-state index contributed by atoms with van der Waals surface area (Å²) >= 11 is 1.55. The molecule has 2 rings (SSSR count). The molecule has 106 valence electrons. The number of thiophene rings is 1. The number of ether oxygens (including phenoxy) is 1. The number of amides is 1. The zero-order chi connectivity index (χ0) is 13.9. The van der Waals surface area contributed by atoms with Crippen LogP contribution in [0.15, 0.2) is 6.07 Å². The highest BCUT2D eigenvalue weighted by molar-refractivity contribution is 7.14. The molecule has 19 heavy (non-hydrogen) atoms. The molecular weight excluding hydrogens is 260 g/mol. The van der Waals surface area contributed by atoms with Crippen LogP contribution < -0.4 is 10.6 Å². The molecule has 2 heterocycles. The van der Waals surface area contributed by atoms with E-state index in [4.69, 9.17) is 4.74 Å². The summed E-state index contributed by atoms with van der Waals surface area (Å²) in [6.45, 7) is 6.33. The molecule has 1 aromatic rings. The minimum Gasteiger partial charge on any atom is -0.383 e. The maximum atomic E-state index is 12.1. The van der Waals surface area contributed by atoms with Crippen molar-refractivity contribution in [1.82, 2.24) is 10.6 Å². The van der Waals surface area contributed by atoms with E-state index in [-0.39, 0.29) is 11.4 Å². The maximum Gasteiger partial charge on any atom is 0.261 e. The van der Waals surface area contributed by atoms with Crippen LogP contribution in [0.3, 0.4) is 0 Å². The van der Waals surface area contributed by atoms with Gasteiger partial charge in [0.05, 0.1) is 17.0 Å². The number of hydrogen-bond donors (Lipinski definition) is 2. The normalized spacial score (nSPS) is 22.7. The number of methoxy groups -OCH3 is 1. The number of nitrogens with one attached hydrogen (secondary N) is 2. The van der Waals surface area contributed by atoms with Crippen molar-refractivity contribution in [2.24, 2.45) is 0 Å². The van der Waals surface area contributed by atoms with Crippen molar-refractivity contribution in [3.8, 4) is 0 Å². The lowest BCUT2D eigenvalue weighted by atomic mass is 9.98. The minimum atomic E-state index is -0.0915. The average molecular weight is 282 g/mol. The van der Waals surface area contributed by atoms with Gasteiger partial charge in [-0.3, -0.25) is 4.79 Å². The predicted octanol–water partition coefficient (Wildman–Crippen LogP) is 1.86. The molecule has 4 nitrogen and oxygen atoms in total. The standard InChI is InChI=1S/C14H22N2O2S/c1-10-7-12(19-11(10)2)13(17)15-8-14(9-18-3)5-4-6-16-14/h7,16H,4-6,8-9H2,1-3H3,(H,15,17). The van der Waals surface area contributed by atoms with Crippen molar-refractivity contribution in [2.75, 3.05) is 26.8 Å². The molecular formula is C14H22N2O2S. The summed E-state index contributed by atoms with van der Waals surface area (Å²) in [6, 6.07) is 1.96. The third kappa shape index (κ3) is 3.35. The van der Waals surface area contributed by atoms with Crippen LogP contribution >= 0.6 is 11.3 Å². The molecule has 0 spiro atoms. The first-order valence-electron chi connectivity index (χ1n) is 6.65. The molecule has 0 aromatic carbocycles. The molecule has 1 saturated heterocycles. The number of carbonyl (C=O) groups is 1. The molecule has 0 aliphatic carbocycles. The van der Waals surface area contributed by atoms with E-state index in [0.717, 1.165) is 24.3 Å². The van der Waals surface area contributed by atoms with Crippen molar-refractivity contribution in [3.63, 3.8) is 0 Å². The Morgan fingerprint density at radius 3 is 2.89 bits per heavy atom. The number of carbonyl (C=O) groups excluding carboxylic acids is 1. The molecule has 0 bridgehead atoms. The highest BCUT2D eigenvalue weighted by Crippen LogP contribution is 2.22. The van der Waals surface area contributed by atoms with E-state index < -0.39 is 0 Å². The second-order valence-electron chi connectivity index (χ2n) is 5.28. The Balaban J connectivity index is 1.95. The van der Waals surface area contributed by atoms with Gasteiger partial charge in [0.1, 0.15) is 0 Å². The van der Waals surface area contributed by atoms with E-state index in [1.54, 1.807) is 18.4 Å². The lowest BCUT2D eigenvalue weighted by molar-refractivity contribution is 0.0896. The second-order valence-corrected chi connectivity index (χ2v) is 6.53. The topological polar surface area (TPSA) is 50.4 Å². The molecule has 1 atom stereocenters. The number of aryl methyl sites for hydroxylation is 2. The van der Waals surface area contributed by atoms with Gasteiger partial charge in [-0.05, 0) is 44.9 Å². The molecule has 2 N–H and O–H groups in total. The average Bonchev–Trinajstić information content (AvgIpc) is 2.96. The van der Waals surface area contributed by atoms with Crippen molar-refractivity contribution < 1.29 is 9.53 Å². The van der Waals surface area contributed by atoms with Gasteiger partial charge in [-0.1, -0.05) is 0 Å². The highest BCUT2D eigenvalue weighted by Gasteiger charge is 2.33. The summed E-state index contributed by atoms with van der Waals surface area (Å²) in [5, 5.41) is 6.49. The molecule has 5 heteroatoms. The molecule has 0 radical (unpaired) electrons. The highest BCUT2D eigenvalue weighted by atomic mass is 32.1. The van der Waals surface area contributed by atoms with Gasteiger partial charge in [0.2, 0.25) is 0 Å². The molecule has 1 amide bonds. The first-order valence-corrected chi connectivity index (χ1v) is 7.47. The zero-order valence-electron chi connectivity index (χ0n) is 11.8. The molecule has 0 saturated carbocycles. The van der Waals surface area contributed by atoms with Gasteiger partial charge in [0, 0.05) is 18.5 Å². The van der Waals surface area contributed by atoms with Gasteiger partial charge in [-0.15, -0.1) is 11.3 Å². The van der Waals surface area contributed by atoms with Crippen LogP contribution in [0, 0.1) is 13.8 Å². The molecule has 1 unspecified atom stereocenters. The van der Waals surface area contributed by atoms with E-state index in [1.807, 2.05) is 19.9 Å². The Hall–Kier alpha value is -0.910. The van der Waals surface area contributed by atoms with Gasteiger partial charge >= 0.3 is 0 Å². The Labute approximate surface area is 118 Å². The third-order valence-electron chi connectivity index (χ3n) is 3.73. The van der Waals surface area contributed by atoms with Crippen molar-refractivity contribution >= 4 is 17.2 Å². The van der Waals surface area contributed by atoms with Gasteiger partial charge in [0.15, 0.2) is 0 Å². The number of rotatable bonds is 5. The first kappa shape index (κ1) is 14.5. The minimum absolute atomic E-state index is 0.0189. The third-order valence-corrected chi connectivity index (χ3v) is 4.88. The predicted molar refractivity (Wildman–Crippen MR) is 78.0 cm³/mol. The van der Waals surface area contributed by atoms with Crippen LogP contribution in [0.2, 0.25) is 0 Å². The van der Waals surface area contributed by atoms with Crippen LogP contribution in [-0.2, 0) is 4.74 Å². The lowest BCUT2D eigenvalue weighted by Crippen LogP contribution is -2.52. The van der Waals surface area contributed by atoms with Gasteiger partial charge in [-0.25, -0.2) is 0 Å². The van der Waals surface area contributed by atoms with E-state index in [2.05, 4.69) is 10.6 Å². The fourth-order valence-electron chi connectivity index (χ4n) is 2.49. The molecule has 1 aromatic heterocycles. The van der Waals surface area contributed by atoms with E-state index in [9.17, 15) is 4.79 Å². The van der Waals surface area contributed by atoms with Gasteiger partial charge in [0.25, 0.3) is 5.91 Å². The van der Waals surface area contributed by atoms with Crippen molar-refractivity contribution in [2.45, 2.75) is 32.2 Å². The molecule has 1 fully saturated rings. The SMILES string of the molecule is COCC1(CNC(=O)c2cc(C)c(C)s2)CCCN1. The molecule has 1 aliphatic rings. The molecule has 1 aliphatic heterocycles. The largest absolute Gasteiger partial charge is 0.383 e. The van der Waals surface area contributed by atoms with Crippen LogP contribution in [0.1, 0.15) is 33.0 Å². The summed E-state index contributed by atoms with van der Waals surface area (Å²) in [5.41, 5.74) is 1.09. The van der Waals surface area contributed by atoms with Crippen LogP contribution in [-0.4, -0.2) is 38.3 Å². The Morgan fingerprint density at radius 1 is 1.58 bits per heavy atom. The van der Waals surface area contributed by atoms with Crippen molar-refractivity contribution in [1.29, 1.82) is 0 Å². The smallest absolute Gasteiger partial charge is 0.261 e. The Morgan fingerprint density at radius 2 is 2.37 bits per heavy atom. The summed E-state index contributed by atoms with van der Waals surface area (Å²) in [5.74, 6) is 0.0189. The lowest BCUT2D eigenvalue weighted by Gasteiger charge is -2.28. The summed E-state index contributed by atoms with van der Waals surface area (Å²) in [6.07, 6.45) is 2.18. The second kappa shape index (κ2) is 6.03. The Kier molecular flexibility index (Phi) is 4.60. The fourth-order valence-corrected chi connectivity index (χ4v) is 3.44. The van der Waals surface area contributed by atoms with E-state index in [0.29, 0.717) is 13.2 Å². The summed E-state index contributed by atoms with van der Waals surface area (Å²) in [4.78, 5) is 14.1. The van der Waals surface area contributed by atoms with Crippen LogP contribution in [0.5, 0.6) is 0 Å². The van der Waals surface area contributed by atoms with Crippen molar-refractivity contribution in [3.05, 3.63) is 21.4 Å². The summed E-state index contributed by atoms with van der Waals surface area (Å²) in [7, 11) is 1.70. The van der Waals surface area contributed by atoms with E-state index >= 15 is 0 Å². The van der Waals surface area contributed by atoms with Crippen LogP contribution in [0.25, 0.3) is 0 Å². The Bertz CT molecular complexity index is 431. The first-order chi connectivity index (χ1) is 9.06. The maximum absolute atomic E-state index is 12.1. The zero-order valence-corrected chi connectivity index (χ0v) is 12.7. The monoisotopic (exact) mass is 282 g/mol. The fraction of sp³-hybridized carbons (Fsp3) is 0.643. The number of hydrogen-bond acceptors (Lipinski definition) is 4. The van der Waals surface area contributed by atoms with Crippen LogP contribution in [0.4, 0.5) is 0 Å². The van der Waals surface area contributed by atoms with Gasteiger partial charge < -0.3 is 15.4 Å². The van der Waals surface area contributed by atoms with E-state index in [1.165, 1.54) is 10.4 Å².